The molecule has 0 radical (unpaired) electrons. The third-order valence-corrected chi connectivity index (χ3v) is 12.6. The van der Waals surface area contributed by atoms with Crippen molar-refractivity contribution in [3.63, 3.8) is 0 Å². The number of allylic oxidation sites excluding steroid dienone is 2. The van der Waals surface area contributed by atoms with Crippen LogP contribution in [0, 0.1) is 23.6 Å². The van der Waals surface area contributed by atoms with Gasteiger partial charge in [0.15, 0.2) is 9.75 Å². The topological polar surface area (TPSA) is 132 Å². The molecule has 0 bridgehead atoms. The minimum Gasteiger partial charge on any atom is -0.508 e. The molecule has 6 atom stereocenters. The fraction of sp³-hybridized carbons (Fsp3) is 0.268. The molecule has 2 aliphatic heterocycles. The molecule has 0 unspecified atom stereocenters. The van der Waals surface area contributed by atoms with Crippen molar-refractivity contribution in [2.45, 2.75) is 28.5 Å². The summed E-state index contributed by atoms with van der Waals surface area (Å²) in [5, 5.41) is 20.0. The molecule has 4 aromatic carbocycles. The second kappa shape index (κ2) is 13.3. The largest absolute Gasteiger partial charge is 0.508 e. The van der Waals surface area contributed by atoms with E-state index in [1.54, 1.807) is 42.5 Å². The lowest BCUT2D eigenvalue weighted by molar-refractivity contribution is -0.125. The second-order valence-corrected chi connectivity index (χ2v) is 15.6. The Morgan fingerprint density at radius 1 is 0.800 bits per heavy atom. The zero-order valence-corrected chi connectivity index (χ0v) is 31.3. The predicted octanol–water partition coefficient (Wildman–Crippen LogP) is 7.79. The molecule has 2 aliphatic carbocycles. The number of methoxy groups -OCH3 is 1. The van der Waals surface area contributed by atoms with E-state index in [1.807, 2.05) is 43.3 Å². The van der Waals surface area contributed by atoms with Crippen LogP contribution in [0.5, 0.6) is 11.5 Å². The van der Waals surface area contributed by atoms with E-state index in [1.165, 1.54) is 25.3 Å². The standard InChI is InChI=1S/C41H34Cl2FN5O6/c1-47(2)25-12-6-23(7-13-25)45-46-24-8-14-26(15-9-24)48-36(51)31-19-18-29-32(34(31)37(48)52)21-40(42)38(53)49(27-10-4-22(44)5-11-27)39(54)41(40,43)35(29)30-17-16-28(55-3)20-33(30)50/h4-18,20,31-32,34-35,50H,19,21H2,1-3H3/t31-,32+,34-,35+,40+,41-/m0/s1. The number of fused-ring (bicyclic) bond motifs is 4. The van der Waals surface area contributed by atoms with E-state index in [0.29, 0.717) is 28.4 Å². The van der Waals surface area contributed by atoms with Gasteiger partial charge in [-0.3, -0.25) is 24.1 Å². The van der Waals surface area contributed by atoms with Gasteiger partial charge in [0.05, 0.1) is 41.7 Å². The summed E-state index contributed by atoms with van der Waals surface area (Å²) in [6.45, 7) is 0. The highest BCUT2D eigenvalue weighted by Crippen LogP contribution is 2.66. The lowest BCUT2D eigenvalue weighted by Gasteiger charge is -2.50. The number of carbonyl (C=O) groups is 4. The summed E-state index contributed by atoms with van der Waals surface area (Å²) in [7, 11) is 5.32. The van der Waals surface area contributed by atoms with Crippen LogP contribution in [0.15, 0.2) is 113 Å². The molecule has 4 amide bonds. The molecule has 1 saturated carbocycles. The van der Waals surface area contributed by atoms with Crippen LogP contribution in [0.2, 0.25) is 0 Å². The fourth-order valence-corrected chi connectivity index (χ4v) is 9.42. The molecule has 55 heavy (non-hydrogen) atoms. The van der Waals surface area contributed by atoms with Crippen LogP contribution < -0.4 is 19.4 Å². The van der Waals surface area contributed by atoms with Crippen molar-refractivity contribution in [2.24, 2.45) is 28.0 Å². The van der Waals surface area contributed by atoms with Crippen molar-refractivity contribution in [3.8, 4) is 11.5 Å². The van der Waals surface area contributed by atoms with Gasteiger partial charge in [-0.15, -0.1) is 23.2 Å². The molecule has 3 fully saturated rings. The third-order valence-electron chi connectivity index (χ3n) is 11.2. The molecule has 2 heterocycles. The molecular formula is C41H34Cl2FN5O6. The van der Waals surface area contributed by atoms with Crippen molar-refractivity contribution in [1.29, 1.82) is 0 Å². The number of nitrogens with zero attached hydrogens (tertiary/aromatic N) is 5. The number of amides is 4. The zero-order chi connectivity index (χ0) is 39.0. The fourth-order valence-electron chi connectivity index (χ4n) is 8.49. The van der Waals surface area contributed by atoms with Crippen molar-refractivity contribution in [2.75, 3.05) is 35.9 Å². The summed E-state index contributed by atoms with van der Waals surface area (Å²) in [5.41, 5.74) is 3.27. The molecule has 14 heteroatoms. The number of ether oxygens (including phenoxy) is 1. The van der Waals surface area contributed by atoms with Gasteiger partial charge in [-0.2, -0.15) is 10.2 Å². The monoisotopic (exact) mass is 781 g/mol. The molecule has 280 valence electrons. The first kappa shape index (κ1) is 36.4. The number of anilines is 3. The van der Waals surface area contributed by atoms with E-state index in [0.717, 1.165) is 27.6 Å². The van der Waals surface area contributed by atoms with Crippen LogP contribution in [0.1, 0.15) is 24.3 Å². The highest BCUT2D eigenvalue weighted by Gasteiger charge is 2.77. The first-order chi connectivity index (χ1) is 26.3. The molecule has 8 rings (SSSR count). The van der Waals surface area contributed by atoms with Crippen LogP contribution in [-0.4, -0.2) is 59.7 Å². The Kier molecular flexibility index (Phi) is 8.81. The van der Waals surface area contributed by atoms with Gasteiger partial charge in [0.1, 0.15) is 17.3 Å². The molecule has 4 aromatic rings. The van der Waals surface area contributed by atoms with Crippen LogP contribution in [0.25, 0.3) is 0 Å². The highest BCUT2D eigenvalue weighted by atomic mass is 35.5. The number of phenols is 1. The molecular weight excluding hydrogens is 748 g/mol. The second-order valence-electron chi connectivity index (χ2n) is 14.3. The molecule has 0 spiro atoms. The Bertz CT molecular complexity index is 2320. The average molecular weight is 783 g/mol. The predicted molar refractivity (Wildman–Crippen MR) is 205 cm³/mol. The van der Waals surface area contributed by atoms with Crippen LogP contribution in [0.4, 0.5) is 32.8 Å². The van der Waals surface area contributed by atoms with Crippen LogP contribution in [0.3, 0.4) is 0 Å². The number of hydrogen-bond acceptors (Lipinski definition) is 9. The first-order valence-corrected chi connectivity index (χ1v) is 18.3. The van der Waals surface area contributed by atoms with E-state index in [2.05, 4.69) is 10.2 Å². The minimum atomic E-state index is -2.19. The number of carbonyl (C=O) groups excluding carboxylic acids is 4. The molecule has 2 saturated heterocycles. The summed E-state index contributed by atoms with van der Waals surface area (Å²) >= 11 is 14.8. The number of rotatable bonds is 7. The van der Waals surface area contributed by atoms with Gasteiger partial charge < -0.3 is 14.7 Å². The van der Waals surface area contributed by atoms with Crippen molar-refractivity contribution in [1.82, 2.24) is 0 Å². The Hall–Kier alpha value is -5.59. The number of imide groups is 2. The Morgan fingerprint density at radius 3 is 2.00 bits per heavy atom. The summed E-state index contributed by atoms with van der Waals surface area (Å²) in [6, 6.07) is 23.3. The van der Waals surface area contributed by atoms with Gasteiger partial charge in [-0.1, -0.05) is 17.7 Å². The number of aromatic hydroxyl groups is 1. The third kappa shape index (κ3) is 5.52. The quantitative estimate of drug-likeness (QED) is 0.0877. The van der Waals surface area contributed by atoms with Gasteiger partial charge in [0, 0.05) is 37.3 Å². The lowest BCUT2D eigenvalue weighted by Crippen LogP contribution is -2.60. The Morgan fingerprint density at radius 2 is 1.40 bits per heavy atom. The lowest BCUT2D eigenvalue weighted by atomic mass is 9.56. The Balaban J connectivity index is 1.15. The maximum atomic E-state index is 14.5. The number of azo groups is 1. The summed E-state index contributed by atoms with van der Waals surface area (Å²) in [4.78, 5) is 57.2. The van der Waals surface area contributed by atoms with Crippen molar-refractivity contribution < 1.29 is 33.4 Å². The van der Waals surface area contributed by atoms with E-state index in [4.69, 9.17) is 27.9 Å². The van der Waals surface area contributed by atoms with Gasteiger partial charge >= 0.3 is 0 Å². The molecule has 11 nitrogen and oxygen atoms in total. The summed E-state index contributed by atoms with van der Waals surface area (Å²) in [5.74, 6) is -6.94. The van der Waals surface area contributed by atoms with Gasteiger partial charge in [0.25, 0.3) is 11.8 Å². The number of alkyl halides is 2. The van der Waals surface area contributed by atoms with Crippen molar-refractivity contribution in [3.05, 3.63) is 114 Å². The zero-order valence-electron chi connectivity index (χ0n) is 29.8. The van der Waals surface area contributed by atoms with E-state index in [9.17, 15) is 28.7 Å². The number of benzene rings is 4. The summed E-state index contributed by atoms with van der Waals surface area (Å²) < 4.78 is 19.2. The normalized spacial score (nSPS) is 27.3. The molecule has 1 N–H and O–H groups in total. The first-order valence-electron chi connectivity index (χ1n) is 17.5. The minimum absolute atomic E-state index is 0.0573. The van der Waals surface area contributed by atoms with Gasteiger partial charge in [-0.05, 0) is 97.6 Å². The molecule has 4 aliphatic rings. The van der Waals surface area contributed by atoms with Crippen LogP contribution >= 0.6 is 23.2 Å². The summed E-state index contributed by atoms with van der Waals surface area (Å²) in [6.07, 6.45) is 1.65. The van der Waals surface area contributed by atoms with E-state index >= 15 is 0 Å². The number of hydrogen-bond donors (Lipinski definition) is 1. The maximum absolute atomic E-state index is 14.5. The van der Waals surface area contributed by atoms with E-state index in [-0.39, 0.29) is 29.8 Å². The smallest absolute Gasteiger partial charge is 0.258 e. The van der Waals surface area contributed by atoms with Gasteiger partial charge in [-0.25, -0.2) is 9.29 Å². The number of halogens is 3. The van der Waals surface area contributed by atoms with Gasteiger partial charge in [0.2, 0.25) is 11.8 Å². The highest BCUT2D eigenvalue weighted by molar-refractivity contribution is 6.58. The Labute approximate surface area is 325 Å². The maximum Gasteiger partial charge on any atom is 0.258 e. The average Bonchev–Trinajstić information content (AvgIpc) is 3.52. The number of phenolic OH excluding ortho intramolecular Hbond substituents is 1. The SMILES string of the molecule is COc1ccc([C@H]2C3=CC[C@@H]4C(=O)N(c5ccc(N=Nc6ccc(N(C)C)cc6)cc5)C(=O)[C@@H]4[C@@H]3C[C@@]3(Cl)C(=O)N(c4ccc(F)cc4)C(=O)[C@@]23Cl)c(O)c1. The van der Waals surface area contributed by atoms with E-state index < -0.39 is 62.9 Å². The van der Waals surface area contributed by atoms with Crippen LogP contribution in [-0.2, 0) is 19.2 Å². The van der Waals surface area contributed by atoms with Crippen molar-refractivity contribution >= 4 is 75.3 Å². The molecule has 0 aromatic heterocycles.